The zero-order valence-corrected chi connectivity index (χ0v) is 16.3. The predicted molar refractivity (Wildman–Crippen MR) is 97.0 cm³/mol. The molecule has 0 aromatic heterocycles. The van der Waals surface area contributed by atoms with Crippen LogP contribution in [0.15, 0.2) is 23.1 Å². The van der Waals surface area contributed by atoms with Crippen LogP contribution >= 0.6 is 12.4 Å². The second-order valence-corrected chi connectivity index (χ2v) is 8.01. The number of hydrogen-bond donors (Lipinski definition) is 2. The molecule has 0 aliphatic carbocycles. The monoisotopic (exact) mass is 392 g/mol. The van der Waals surface area contributed by atoms with Gasteiger partial charge in [0.25, 0.3) is 0 Å². The van der Waals surface area contributed by atoms with Crippen LogP contribution in [-0.4, -0.2) is 48.2 Å². The topological polar surface area (TPSA) is 93.7 Å². The summed E-state index contributed by atoms with van der Waals surface area (Å²) in [6, 6.07) is 4.10. The van der Waals surface area contributed by atoms with Crippen LogP contribution in [0.1, 0.15) is 30.1 Å². The molecule has 25 heavy (non-hydrogen) atoms. The normalized spacial score (nSPS) is 16.6. The molecule has 1 heterocycles. The molecule has 0 spiro atoms. The van der Waals surface area contributed by atoms with Gasteiger partial charge in [-0.1, -0.05) is 6.92 Å². The molecule has 142 valence electrons. The summed E-state index contributed by atoms with van der Waals surface area (Å²) in [6.07, 6.45) is 1.83. The Morgan fingerprint density at radius 2 is 1.92 bits per heavy atom. The van der Waals surface area contributed by atoms with Crippen molar-refractivity contribution in [2.75, 3.05) is 33.9 Å². The largest absolute Gasteiger partial charge is 0.496 e. The number of carbonyl (C=O) groups excluding carboxylic acids is 1. The summed E-state index contributed by atoms with van der Waals surface area (Å²) in [5.41, 5.74) is 0.123. The molecule has 0 bridgehead atoms. The molecule has 0 saturated carbocycles. The highest BCUT2D eigenvalue weighted by Gasteiger charge is 2.29. The summed E-state index contributed by atoms with van der Waals surface area (Å²) in [5, 5.41) is 3.27. The van der Waals surface area contributed by atoms with E-state index in [1.807, 2.05) is 0 Å². The molecular formula is C16H25ClN2O5S. The van der Waals surface area contributed by atoms with Crippen molar-refractivity contribution in [3.63, 3.8) is 0 Å². The zero-order chi connectivity index (χ0) is 17.8. The third kappa shape index (κ3) is 5.31. The number of piperidine rings is 1. The number of halogens is 1. The molecular weight excluding hydrogens is 368 g/mol. The quantitative estimate of drug-likeness (QED) is 0.714. The van der Waals surface area contributed by atoms with E-state index < -0.39 is 16.0 Å². The number of carbonyl (C=O) groups is 1. The van der Waals surface area contributed by atoms with Crippen molar-refractivity contribution in [1.29, 1.82) is 0 Å². The molecule has 1 aliphatic rings. The van der Waals surface area contributed by atoms with Crippen LogP contribution in [0.2, 0.25) is 0 Å². The number of sulfonamides is 1. The highest BCUT2D eigenvalue weighted by Crippen LogP contribution is 2.28. The van der Waals surface area contributed by atoms with E-state index >= 15 is 0 Å². The Labute approximate surface area is 154 Å². The van der Waals surface area contributed by atoms with Gasteiger partial charge in [0.2, 0.25) is 10.0 Å². The van der Waals surface area contributed by atoms with Crippen molar-refractivity contribution < 1.29 is 22.7 Å². The van der Waals surface area contributed by atoms with Gasteiger partial charge in [0, 0.05) is 12.6 Å². The number of hydrogen-bond acceptors (Lipinski definition) is 6. The van der Waals surface area contributed by atoms with Crippen molar-refractivity contribution in [3.8, 4) is 5.75 Å². The van der Waals surface area contributed by atoms with Crippen molar-refractivity contribution in [2.45, 2.75) is 24.7 Å². The van der Waals surface area contributed by atoms with Crippen molar-refractivity contribution in [2.24, 2.45) is 5.41 Å². The van der Waals surface area contributed by atoms with Gasteiger partial charge in [-0.2, -0.15) is 0 Å². The van der Waals surface area contributed by atoms with Gasteiger partial charge in [-0.05, 0) is 43.5 Å². The second kappa shape index (κ2) is 8.84. The number of methoxy groups -OCH3 is 2. The lowest BCUT2D eigenvalue weighted by Crippen LogP contribution is -2.42. The highest BCUT2D eigenvalue weighted by atomic mass is 35.5. The standard InChI is InChI=1S/C16H24N2O5S.ClH/c1-16(6-8-17-9-7-16)11-18-24(20,21)12-4-5-13(15(19)23-3)14(10-12)22-2;/h4-5,10,17-18H,6-9,11H2,1-3H3;1H. The number of nitrogens with one attached hydrogen (secondary N) is 2. The van der Waals surface area contributed by atoms with Gasteiger partial charge in [0.1, 0.15) is 11.3 Å². The Kier molecular flexibility index (Phi) is 7.67. The molecule has 1 saturated heterocycles. The summed E-state index contributed by atoms with van der Waals surface area (Å²) < 4.78 is 37.5. The lowest BCUT2D eigenvalue weighted by Gasteiger charge is -2.34. The Morgan fingerprint density at radius 1 is 1.28 bits per heavy atom. The highest BCUT2D eigenvalue weighted by molar-refractivity contribution is 7.89. The molecule has 0 atom stereocenters. The number of benzene rings is 1. The lowest BCUT2D eigenvalue weighted by molar-refractivity contribution is 0.0597. The summed E-state index contributed by atoms with van der Waals surface area (Å²) in [6.45, 7) is 4.23. The van der Waals surface area contributed by atoms with Gasteiger partial charge < -0.3 is 14.8 Å². The third-order valence-corrected chi connectivity index (χ3v) is 5.79. The number of esters is 1. The Bertz CT molecular complexity index is 702. The Balaban J connectivity index is 0.00000312. The lowest BCUT2D eigenvalue weighted by atomic mass is 9.81. The Morgan fingerprint density at radius 3 is 2.48 bits per heavy atom. The predicted octanol–water partition coefficient (Wildman–Crippen LogP) is 1.57. The van der Waals surface area contributed by atoms with Crippen LogP contribution < -0.4 is 14.8 Å². The molecule has 0 radical (unpaired) electrons. The van der Waals surface area contributed by atoms with Crippen LogP contribution in [0.25, 0.3) is 0 Å². The van der Waals surface area contributed by atoms with E-state index in [0.717, 1.165) is 25.9 Å². The average Bonchev–Trinajstić information content (AvgIpc) is 2.59. The molecule has 2 N–H and O–H groups in total. The molecule has 1 aliphatic heterocycles. The molecule has 7 nitrogen and oxygen atoms in total. The second-order valence-electron chi connectivity index (χ2n) is 6.24. The minimum atomic E-state index is -3.68. The third-order valence-electron chi connectivity index (χ3n) is 4.39. The van der Waals surface area contributed by atoms with E-state index in [4.69, 9.17) is 4.74 Å². The molecule has 1 fully saturated rings. The first kappa shape index (κ1) is 21.7. The van der Waals surface area contributed by atoms with E-state index in [9.17, 15) is 13.2 Å². The summed E-state index contributed by atoms with van der Waals surface area (Å²) in [7, 11) is -1.05. The van der Waals surface area contributed by atoms with Crippen molar-refractivity contribution in [3.05, 3.63) is 23.8 Å². The maximum absolute atomic E-state index is 12.5. The summed E-state index contributed by atoms with van der Waals surface area (Å²) in [5.74, 6) is -0.413. The van der Waals surface area contributed by atoms with Gasteiger partial charge >= 0.3 is 5.97 Å². The van der Waals surface area contributed by atoms with E-state index in [2.05, 4.69) is 21.7 Å². The minimum absolute atomic E-state index is 0. The molecule has 0 unspecified atom stereocenters. The van der Waals surface area contributed by atoms with Gasteiger partial charge in [0.15, 0.2) is 0 Å². The number of ether oxygens (including phenoxy) is 2. The fourth-order valence-electron chi connectivity index (χ4n) is 2.68. The minimum Gasteiger partial charge on any atom is -0.496 e. The molecule has 1 aromatic carbocycles. The van der Waals surface area contributed by atoms with E-state index in [1.54, 1.807) is 0 Å². The van der Waals surface area contributed by atoms with Gasteiger partial charge in [-0.25, -0.2) is 17.9 Å². The van der Waals surface area contributed by atoms with E-state index in [0.29, 0.717) is 6.54 Å². The Hall–Kier alpha value is -1.35. The van der Waals surface area contributed by atoms with E-state index in [-0.39, 0.29) is 34.0 Å². The maximum Gasteiger partial charge on any atom is 0.341 e. The van der Waals surface area contributed by atoms with Gasteiger partial charge in [-0.15, -0.1) is 12.4 Å². The van der Waals surface area contributed by atoms with Crippen LogP contribution in [0, 0.1) is 5.41 Å². The van der Waals surface area contributed by atoms with Crippen LogP contribution in [0.5, 0.6) is 5.75 Å². The maximum atomic E-state index is 12.5. The zero-order valence-electron chi connectivity index (χ0n) is 14.6. The summed E-state index contributed by atoms with van der Waals surface area (Å²) in [4.78, 5) is 11.7. The van der Waals surface area contributed by atoms with E-state index in [1.165, 1.54) is 32.4 Å². The molecule has 9 heteroatoms. The average molecular weight is 393 g/mol. The van der Waals surface area contributed by atoms with Crippen LogP contribution in [0.4, 0.5) is 0 Å². The fourth-order valence-corrected chi connectivity index (χ4v) is 3.89. The van der Waals surface area contributed by atoms with Crippen molar-refractivity contribution >= 4 is 28.4 Å². The SMILES string of the molecule is COC(=O)c1ccc(S(=O)(=O)NCC2(C)CCNCC2)cc1OC.Cl. The van der Waals surface area contributed by atoms with Gasteiger partial charge in [0.05, 0.1) is 19.1 Å². The molecule has 2 rings (SSSR count). The van der Waals surface area contributed by atoms with Crippen LogP contribution in [0.3, 0.4) is 0 Å². The van der Waals surface area contributed by atoms with Crippen LogP contribution in [-0.2, 0) is 14.8 Å². The molecule has 0 amide bonds. The first-order valence-corrected chi connectivity index (χ1v) is 9.26. The van der Waals surface area contributed by atoms with Crippen molar-refractivity contribution in [1.82, 2.24) is 10.0 Å². The number of rotatable bonds is 6. The van der Waals surface area contributed by atoms with Gasteiger partial charge in [-0.3, -0.25) is 0 Å². The molecule has 1 aromatic rings. The summed E-state index contributed by atoms with van der Waals surface area (Å²) >= 11 is 0. The first-order valence-electron chi connectivity index (χ1n) is 7.78. The first-order chi connectivity index (χ1) is 11.3. The smallest absolute Gasteiger partial charge is 0.341 e. The fraction of sp³-hybridized carbons (Fsp3) is 0.562.